The summed E-state index contributed by atoms with van der Waals surface area (Å²) in [5.41, 5.74) is 5.77. The predicted octanol–water partition coefficient (Wildman–Crippen LogP) is 6.06. The van der Waals surface area contributed by atoms with Gasteiger partial charge in [0.05, 0.1) is 5.92 Å². The van der Waals surface area contributed by atoms with E-state index >= 15 is 0 Å². The Kier molecular flexibility index (Phi) is 7.32. The molecule has 1 unspecified atom stereocenters. The zero-order chi connectivity index (χ0) is 24.2. The number of ketones is 1. The van der Waals surface area contributed by atoms with Crippen LogP contribution in [0.2, 0.25) is 5.02 Å². The van der Waals surface area contributed by atoms with Crippen molar-refractivity contribution in [3.63, 3.8) is 0 Å². The molecule has 1 aromatic heterocycles. The van der Waals surface area contributed by atoms with E-state index in [1.165, 1.54) is 0 Å². The second-order valence-electron chi connectivity index (χ2n) is 9.06. The Morgan fingerprint density at radius 3 is 2.38 bits per heavy atom. The molecule has 1 saturated heterocycles. The van der Waals surface area contributed by atoms with Crippen LogP contribution in [-0.4, -0.2) is 34.9 Å². The van der Waals surface area contributed by atoms with E-state index < -0.39 is 5.97 Å². The van der Waals surface area contributed by atoms with Crippen molar-refractivity contribution in [2.45, 2.75) is 39.0 Å². The van der Waals surface area contributed by atoms with Gasteiger partial charge in [-0.15, -0.1) is 0 Å². The van der Waals surface area contributed by atoms with Gasteiger partial charge in [0.1, 0.15) is 0 Å². The molecule has 1 atom stereocenters. The molecule has 0 amide bonds. The Hall–Kier alpha value is -3.18. The molecule has 34 heavy (non-hydrogen) atoms. The zero-order valence-electron chi connectivity index (χ0n) is 19.5. The summed E-state index contributed by atoms with van der Waals surface area (Å²) in [5.74, 6) is -0.990. The number of anilines is 1. The number of carbonyl (C=O) groups is 2. The number of piperidine rings is 1. The number of nitrogens with zero attached hydrogens (tertiary/aromatic N) is 2. The van der Waals surface area contributed by atoms with Gasteiger partial charge in [-0.3, -0.25) is 14.6 Å². The summed E-state index contributed by atoms with van der Waals surface area (Å²) in [7, 11) is 0. The van der Waals surface area contributed by atoms with Crippen molar-refractivity contribution in [3.8, 4) is 0 Å². The quantitative estimate of drug-likeness (QED) is 0.420. The van der Waals surface area contributed by atoms with Gasteiger partial charge in [-0.2, -0.15) is 0 Å². The molecule has 0 bridgehead atoms. The summed E-state index contributed by atoms with van der Waals surface area (Å²) in [6, 6.07) is 17.8. The topological polar surface area (TPSA) is 70.5 Å². The number of aromatic nitrogens is 1. The van der Waals surface area contributed by atoms with Gasteiger partial charge in [-0.1, -0.05) is 29.8 Å². The number of hydrogen-bond acceptors (Lipinski definition) is 4. The van der Waals surface area contributed by atoms with Crippen LogP contribution in [0.15, 0.2) is 60.8 Å². The molecule has 2 aromatic carbocycles. The van der Waals surface area contributed by atoms with E-state index in [4.69, 9.17) is 11.6 Å². The Morgan fingerprint density at radius 2 is 1.76 bits per heavy atom. The molecule has 0 saturated carbocycles. The summed E-state index contributed by atoms with van der Waals surface area (Å²) < 4.78 is 0. The second-order valence-corrected chi connectivity index (χ2v) is 9.49. The number of hydrogen-bond donors (Lipinski definition) is 1. The van der Waals surface area contributed by atoms with Gasteiger partial charge in [-0.05, 0) is 79.8 Å². The van der Waals surface area contributed by atoms with E-state index in [1.807, 2.05) is 38.1 Å². The van der Waals surface area contributed by atoms with Crippen LogP contribution in [0.3, 0.4) is 0 Å². The van der Waals surface area contributed by atoms with Crippen molar-refractivity contribution in [1.29, 1.82) is 0 Å². The predicted molar refractivity (Wildman–Crippen MR) is 135 cm³/mol. The molecule has 0 spiro atoms. The molecule has 4 rings (SSSR count). The molecule has 1 N–H and O–H groups in total. The highest BCUT2D eigenvalue weighted by Gasteiger charge is 2.25. The van der Waals surface area contributed by atoms with Gasteiger partial charge >= 0.3 is 5.97 Å². The number of carboxylic acids is 1. The van der Waals surface area contributed by atoms with Crippen molar-refractivity contribution in [1.82, 2.24) is 4.98 Å². The lowest BCUT2D eigenvalue weighted by atomic mass is 9.83. The first-order chi connectivity index (χ1) is 16.3. The number of Topliss-reactive ketones (excluding diaryl/α,β-unsaturated/α-hetero) is 1. The average molecular weight is 477 g/mol. The number of benzene rings is 2. The summed E-state index contributed by atoms with van der Waals surface area (Å²) in [4.78, 5) is 30.9. The van der Waals surface area contributed by atoms with Crippen LogP contribution < -0.4 is 4.90 Å². The van der Waals surface area contributed by atoms with Crippen LogP contribution in [0.4, 0.5) is 5.69 Å². The maximum absolute atomic E-state index is 13.2. The minimum absolute atomic E-state index is 0.0738. The number of rotatable bonds is 7. The number of pyridine rings is 1. The fourth-order valence-electron chi connectivity index (χ4n) is 4.76. The molecule has 5 nitrogen and oxygen atoms in total. The standard InChI is InChI=1S/C28H29ClN2O3/c1-18-15-23(29)5-8-25(18)26(17-27(32)22-9-12-30-19(2)16-22)20-3-6-24(7-4-20)31-13-10-21(11-14-31)28(33)34/h3-9,12,15-16,21,26H,10-11,13-14,17H2,1-2H3,(H,33,34). The summed E-state index contributed by atoms with van der Waals surface area (Å²) >= 11 is 6.21. The molecule has 0 radical (unpaired) electrons. The fraction of sp³-hybridized carbons (Fsp3) is 0.321. The Balaban J connectivity index is 1.60. The van der Waals surface area contributed by atoms with Gasteiger partial charge in [-0.25, -0.2) is 0 Å². The number of carboxylic acid groups (broad SMARTS) is 1. The van der Waals surface area contributed by atoms with E-state index in [0.717, 1.165) is 41.2 Å². The zero-order valence-corrected chi connectivity index (χ0v) is 20.3. The third-order valence-corrected chi connectivity index (χ3v) is 6.96. The normalized spacial score (nSPS) is 15.2. The fourth-order valence-corrected chi connectivity index (χ4v) is 4.99. The van der Waals surface area contributed by atoms with Crippen LogP contribution in [-0.2, 0) is 4.79 Å². The first-order valence-corrected chi connectivity index (χ1v) is 12.0. The minimum Gasteiger partial charge on any atom is -0.481 e. The molecular weight excluding hydrogens is 448 g/mol. The number of aryl methyl sites for hydroxylation is 2. The van der Waals surface area contributed by atoms with Crippen molar-refractivity contribution >= 4 is 29.0 Å². The number of halogens is 1. The van der Waals surface area contributed by atoms with Crippen LogP contribution in [0.1, 0.15) is 57.9 Å². The maximum Gasteiger partial charge on any atom is 0.306 e. The number of aliphatic carboxylic acids is 1. The summed E-state index contributed by atoms with van der Waals surface area (Å²) in [6.07, 6.45) is 3.33. The average Bonchev–Trinajstić information content (AvgIpc) is 2.83. The molecular formula is C28H29ClN2O3. The third-order valence-electron chi connectivity index (χ3n) is 6.72. The molecule has 1 aliphatic rings. The maximum atomic E-state index is 13.2. The van der Waals surface area contributed by atoms with Crippen molar-refractivity contribution < 1.29 is 14.7 Å². The van der Waals surface area contributed by atoms with E-state index in [0.29, 0.717) is 29.8 Å². The highest BCUT2D eigenvalue weighted by atomic mass is 35.5. The number of carbonyl (C=O) groups excluding carboxylic acids is 1. The van der Waals surface area contributed by atoms with Gasteiger partial charge < -0.3 is 10.0 Å². The molecule has 3 aromatic rings. The van der Waals surface area contributed by atoms with E-state index in [-0.39, 0.29) is 17.6 Å². The van der Waals surface area contributed by atoms with Crippen LogP contribution >= 0.6 is 11.6 Å². The van der Waals surface area contributed by atoms with E-state index in [9.17, 15) is 14.7 Å². The first kappa shape index (κ1) is 24.0. The van der Waals surface area contributed by atoms with Crippen molar-refractivity contribution in [3.05, 3.63) is 93.8 Å². The smallest absolute Gasteiger partial charge is 0.306 e. The Bertz CT molecular complexity index is 1180. The van der Waals surface area contributed by atoms with Crippen molar-refractivity contribution in [2.75, 3.05) is 18.0 Å². The third kappa shape index (κ3) is 5.48. The lowest BCUT2D eigenvalue weighted by molar-refractivity contribution is -0.142. The Morgan fingerprint density at radius 1 is 1.06 bits per heavy atom. The molecule has 1 aliphatic heterocycles. The van der Waals surface area contributed by atoms with Gasteiger partial charge in [0.2, 0.25) is 0 Å². The largest absolute Gasteiger partial charge is 0.481 e. The first-order valence-electron chi connectivity index (χ1n) is 11.6. The molecule has 2 heterocycles. The van der Waals surface area contributed by atoms with Crippen LogP contribution in [0, 0.1) is 19.8 Å². The van der Waals surface area contributed by atoms with E-state index in [2.05, 4.69) is 34.1 Å². The summed E-state index contributed by atoms with van der Waals surface area (Å²) in [5, 5.41) is 9.93. The van der Waals surface area contributed by atoms with Gasteiger partial charge in [0.15, 0.2) is 5.78 Å². The van der Waals surface area contributed by atoms with Gasteiger partial charge in [0, 0.05) is 53.6 Å². The highest BCUT2D eigenvalue weighted by Crippen LogP contribution is 2.34. The van der Waals surface area contributed by atoms with Crippen LogP contribution in [0.25, 0.3) is 0 Å². The van der Waals surface area contributed by atoms with E-state index in [1.54, 1.807) is 12.3 Å². The van der Waals surface area contributed by atoms with Crippen molar-refractivity contribution in [2.24, 2.45) is 5.92 Å². The highest BCUT2D eigenvalue weighted by molar-refractivity contribution is 6.30. The van der Waals surface area contributed by atoms with Gasteiger partial charge in [0.25, 0.3) is 0 Å². The molecule has 1 fully saturated rings. The summed E-state index contributed by atoms with van der Waals surface area (Å²) in [6.45, 7) is 5.37. The SMILES string of the molecule is Cc1cc(C(=O)CC(c2ccc(N3CCC(C(=O)O)CC3)cc2)c2ccc(Cl)cc2C)ccn1. The lowest BCUT2D eigenvalue weighted by Gasteiger charge is -2.32. The van der Waals surface area contributed by atoms with Crippen LogP contribution in [0.5, 0.6) is 0 Å². The molecule has 176 valence electrons. The Labute approximate surface area is 205 Å². The second kappa shape index (κ2) is 10.4. The lowest BCUT2D eigenvalue weighted by Crippen LogP contribution is -2.36. The monoisotopic (exact) mass is 476 g/mol. The molecule has 0 aliphatic carbocycles. The minimum atomic E-state index is -0.703. The molecule has 6 heteroatoms.